The van der Waals surface area contributed by atoms with Crippen LogP contribution < -0.4 is 9.47 Å². The van der Waals surface area contributed by atoms with E-state index in [1.807, 2.05) is 7.05 Å². The monoisotopic (exact) mass is 321 g/mol. The molecule has 0 unspecified atom stereocenters. The summed E-state index contributed by atoms with van der Waals surface area (Å²) in [7, 11) is 3.25. The Balaban J connectivity index is 1.96. The van der Waals surface area contributed by atoms with E-state index in [4.69, 9.17) is 14.6 Å². The zero-order chi connectivity index (χ0) is 16.8. The first kappa shape index (κ1) is 17.1. The summed E-state index contributed by atoms with van der Waals surface area (Å²) >= 11 is 0. The van der Waals surface area contributed by atoms with E-state index in [0.29, 0.717) is 11.5 Å². The molecule has 1 aromatic carbocycles. The summed E-state index contributed by atoms with van der Waals surface area (Å²) in [5.41, 5.74) is 0.111. The van der Waals surface area contributed by atoms with Gasteiger partial charge in [0.05, 0.1) is 12.7 Å². The number of aromatic carboxylic acids is 1. The van der Waals surface area contributed by atoms with E-state index in [2.05, 4.69) is 0 Å². The molecular formula is C17H23NO5. The van der Waals surface area contributed by atoms with Crippen molar-refractivity contribution in [1.29, 1.82) is 0 Å². The van der Waals surface area contributed by atoms with Crippen molar-refractivity contribution in [3.63, 3.8) is 0 Å². The Morgan fingerprint density at radius 1 is 1.22 bits per heavy atom. The largest absolute Gasteiger partial charge is 0.493 e. The van der Waals surface area contributed by atoms with Crippen LogP contribution in [0.15, 0.2) is 18.2 Å². The number of carboxylic acid groups (broad SMARTS) is 1. The number of hydrogen-bond donors (Lipinski definition) is 1. The third kappa shape index (κ3) is 4.37. The molecular weight excluding hydrogens is 298 g/mol. The number of carbonyl (C=O) groups is 2. The fraction of sp³-hybridized carbons (Fsp3) is 0.529. The highest BCUT2D eigenvalue weighted by Crippen LogP contribution is 2.28. The van der Waals surface area contributed by atoms with Gasteiger partial charge in [-0.05, 0) is 31.0 Å². The second kappa shape index (κ2) is 7.85. The summed E-state index contributed by atoms with van der Waals surface area (Å²) in [4.78, 5) is 25.0. The first-order valence-electron chi connectivity index (χ1n) is 7.82. The van der Waals surface area contributed by atoms with Gasteiger partial charge in [-0.2, -0.15) is 0 Å². The van der Waals surface area contributed by atoms with Gasteiger partial charge < -0.3 is 19.5 Å². The summed E-state index contributed by atoms with van der Waals surface area (Å²) in [6, 6.07) is 4.61. The second-order valence-electron chi connectivity index (χ2n) is 5.76. The van der Waals surface area contributed by atoms with E-state index in [0.717, 1.165) is 25.7 Å². The van der Waals surface area contributed by atoms with Gasteiger partial charge >= 0.3 is 5.97 Å². The van der Waals surface area contributed by atoms with Crippen LogP contribution in [0.3, 0.4) is 0 Å². The van der Waals surface area contributed by atoms with Crippen molar-refractivity contribution in [3.8, 4) is 11.5 Å². The Labute approximate surface area is 136 Å². The Hall–Kier alpha value is -2.24. The normalized spacial score (nSPS) is 15.0. The van der Waals surface area contributed by atoms with E-state index in [9.17, 15) is 9.59 Å². The van der Waals surface area contributed by atoms with Gasteiger partial charge in [0.15, 0.2) is 18.1 Å². The lowest BCUT2D eigenvalue weighted by Gasteiger charge is -2.31. The number of amides is 1. The first-order valence-corrected chi connectivity index (χ1v) is 7.82. The van der Waals surface area contributed by atoms with Crippen LogP contribution in [0.4, 0.5) is 0 Å². The molecule has 1 aliphatic rings. The summed E-state index contributed by atoms with van der Waals surface area (Å²) in [5, 5.41) is 8.97. The molecule has 23 heavy (non-hydrogen) atoms. The number of carbonyl (C=O) groups excluding carboxylic acids is 1. The maximum Gasteiger partial charge on any atom is 0.335 e. The van der Waals surface area contributed by atoms with E-state index < -0.39 is 5.97 Å². The molecule has 1 fully saturated rings. The molecule has 1 aliphatic carbocycles. The Morgan fingerprint density at radius 2 is 1.91 bits per heavy atom. The summed E-state index contributed by atoms with van der Waals surface area (Å²) in [6.45, 7) is -0.0875. The third-order valence-corrected chi connectivity index (χ3v) is 4.28. The van der Waals surface area contributed by atoms with Gasteiger partial charge in [0, 0.05) is 13.1 Å². The molecule has 1 aromatic rings. The minimum absolute atomic E-state index is 0.0822. The lowest BCUT2D eigenvalue weighted by atomic mass is 9.94. The fourth-order valence-electron chi connectivity index (χ4n) is 2.83. The Morgan fingerprint density at radius 3 is 2.52 bits per heavy atom. The second-order valence-corrected chi connectivity index (χ2v) is 5.76. The lowest BCUT2D eigenvalue weighted by molar-refractivity contribution is -0.134. The maximum atomic E-state index is 12.3. The average molecular weight is 321 g/mol. The molecule has 2 rings (SSSR count). The van der Waals surface area contributed by atoms with Gasteiger partial charge in [-0.15, -0.1) is 0 Å². The molecule has 1 amide bonds. The number of benzene rings is 1. The summed E-state index contributed by atoms with van der Waals surface area (Å²) in [5.74, 6) is -0.454. The molecule has 0 bridgehead atoms. The number of ether oxygens (including phenoxy) is 2. The van der Waals surface area contributed by atoms with Gasteiger partial charge in [0.25, 0.3) is 5.91 Å². The summed E-state index contributed by atoms with van der Waals surface area (Å²) < 4.78 is 10.7. The van der Waals surface area contributed by atoms with Crippen LogP contribution in [0.1, 0.15) is 42.5 Å². The summed E-state index contributed by atoms with van der Waals surface area (Å²) in [6.07, 6.45) is 5.64. The molecule has 1 saturated carbocycles. The predicted molar refractivity (Wildman–Crippen MR) is 85.1 cm³/mol. The zero-order valence-electron chi connectivity index (χ0n) is 13.6. The van der Waals surface area contributed by atoms with Gasteiger partial charge in [0.1, 0.15) is 0 Å². The van der Waals surface area contributed by atoms with Gasteiger partial charge in [-0.3, -0.25) is 4.79 Å². The molecule has 0 radical (unpaired) electrons. The highest BCUT2D eigenvalue weighted by atomic mass is 16.5. The molecule has 0 atom stereocenters. The lowest BCUT2D eigenvalue weighted by Crippen LogP contribution is -2.40. The molecule has 6 nitrogen and oxygen atoms in total. The molecule has 0 saturated heterocycles. The number of rotatable bonds is 6. The van der Waals surface area contributed by atoms with Gasteiger partial charge in [0.2, 0.25) is 0 Å². The van der Waals surface area contributed by atoms with Crippen molar-refractivity contribution in [1.82, 2.24) is 4.90 Å². The van der Waals surface area contributed by atoms with Gasteiger partial charge in [-0.25, -0.2) is 4.79 Å². The minimum Gasteiger partial charge on any atom is -0.493 e. The van der Waals surface area contributed by atoms with Crippen molar-refractivity contribution >= 4 is 11.9 Å². The quantitative estimate of drug-likeness (QED) is 0.871. The number of likely N-dealkylation sites (N-methyl/N-ethyl adjacent to an activating group) is 1. The number of nitrogens with zero attached hydrogens (tertiary/aromatic N) is 1. The Kier molecular flexibility index (Phi) is 5.84. The molecule has 6 heteroatoms. The van der Waals surface area contributed by atoms with Crippen molar-refractivity contribution in [2.45, 2.75) is 38.1 Å². The predicted octanol–water partition coefficient (Wildman–Crippen LogP) is 2.56. The highest BCUT2D eigenvalue weighted by molar-refractivity contribution is 5.88. The van der Waals surface area contributed by atoms with Crippen molar-refractivity contribution in [2.24, 2.45) is 0 Å². The van der Waals surface area contributed by atoms with Crippen LogP contribution in [0.25, 0.3) is 0 Å². The van der Waals surface area contributed by atoms with Crippen LogP contribution in [0.2, 0.25) is 0 Å². The van der Waals surface area contributed by atoms with Crippen LogP contribution in [0, 0.1) is 0 Å². The van der Waals surface area contributed by atoms with Crippen LogP contribution in [0.5, 0.6) is 11.5 Å². The fourth-order valence-corrected chi connectivity index (χ4v) is 2.83. The van der Waals surface area contributed by atoms with E-state index in [-0.39, 0.29) is 24.1 Å². The highest BCUT2D eigenvalue weighted by Gasteiger charge is 2.22. The van der Waals surface area contributed by atoms with Crippen LogP contribution in [-0.4, -0.2) is 48.7 Å². The van der Waals surface area contributed by atoms with E-state index in [1.165, 1.54) is 31.7 Å². The van der Waals surface area contributed by atoms with Crippen molar-refractivity contribution < 1.29 is 24.2 Å². The topological polar surface area (TPSA) is 76.1 Å². The average Bonchev–Trinajstić information content (AvgIpc) is 2.59. The smallest absolute Gasteiger partial charge is 0.335 e. The molecule has 0 heterocycles. The molecule has 0 spiro atoms. The number of hydrogen-bond acceptors (Lipinski definition) is 4. The molecule has 1 N–H and O–H groups in total. The van der Waals surface area contributed by atoms with Crippen LogP contribution >= 0.6 is 0 Å². The Bertz CT molecular complexity index is 566. The van der Waals surface area contributed by atoms with Crippen molar-refractivity contribution in [2.75, 3.05) is 20.8 Å². The third-order valence-electron chi connectivity index (χ3n) is 4.28. The molecule has 0 aromatic heterocycles. The van der Waals surface area contributed by atoms with Crippen molar-refractivity contribution in [3.05, 3.63) is 23.8 Å². The SMILES string of the molecule is COc1cc(C(=O)O)ccc1OCC(=O)N(C)C1CCCCC1. The maximum absolute atomic E-state index is 12.3. The zero-order valence-corrected chi connectivity index (χ0v) is 13.6. The first-order chi connectivity index (χ1) is 11.0. The van der Waals surface area contributed by atoms with Crippen LogP contribution in [-0.2, 0) is 4.79 Å². The molecule has 0 aliphatic heterocycles. The number of carboxylic acids is 1. The minimum atomic E-state index is -1.04. The standard InChI is InChI=1S/C17H23NO5/c1-18(13-6-4-3-5-7-13)16(19)11-23-14-9-8-12(17(20)21)10-15(14)22-2/h8-10,13H,3-7,11H2,1-2H3,(H,20,21). The van der Waals surface area contributed by atoms with Gasteiger partial charge in [-0.1, -0.05) is 19.3 Å². The van der Waals surface area contributed by atoms with E-state index in [1.54, 1.807) is 4.90 Å². The molecule has 126 valence electrons. The van der Waals surface area contributed by atoms with E-state index >= 15 is 0 Å². The number of methoxy groups -OCH3 is 1.